The third kappa shape index (κ3) is 11.9. The van der Waals surface area contributed by atoms with E-state index in [4.69, 9.17) is 0 Å². The predicted molar refractivity (Wildman–Crippen MR) is 257 cm³/mol. The molecule has 0 nitrogen and oxygen atoms in total. The van der Waals surface area contributed by atoms with E-state index in [2.05, 4.69) is 112 Å². The molecule has 0 saturated carbocycles. The molecule has 0 bridgehead atoms. The lowest BCUT2D eigenvalue weighted by molar-refractivity contribution is 0.667. The molecule has 296 valence electrons. The van der Waals surface area contributed by atoms with E-state index in [0.29, 0.717) is 0 Å². The zero-order valence-electron chi connectivity index (χ0n) is 34.3. The van der Waals surface area contributed by atoms with Gasteiger partial charge in [-0.25, -0.2) is 0 Å². The summed E-state index contributed by atoms with van der Waals surface area (Å²) in [6.45, 7) is 11.6. The van der Waals surface area contributed by atoms with Crippen molar-refractivity contribution in [3.63, 3.8) is 0 Å². The van der Waals surface area contributed by atoms with Crippen molar-refractivity contribution < 1.29 is 0 Å². The van der Waals surface area contributed by atoms with Gasteiger partial charge < -0.3 is 0 Å². The molecule has 6 heterocycles. The highest BCUT2D eigenvalue weighted by atomic mass is 32.1. The fourth-order valence-corrected chi connectivity index (χ4v) is 14.8. The molecule has 0 aromatic carbocycles. The van der Waals surface area contributed by atoms with Crippen molar-refractivity contribution in [3.8, 4) is 48.8 Å². The average Bonchev–Trinajstić information content (AvgIpc) is 4.03. The summed E-state index contributed by atoms with van der Waals surface area (Å²) in [4.78, 5) is 17.7. The van der Waals surface area contributed by atoms with E-state index in [0.717, 1.165) is 0 Å². The maximum Gasteiger partial charge on any atom is 0.0481 e. The van der Waals surface area contributed by atoms with Gasteiger partial charge in [0.2, 0.25) is 0 Å². The Labute approximate surface area is 358 Å². The lowest BCUT2D eigenvalue weighted by atomic mass is 10.0. The molecule has 0 spiro atoms. The van der Waals surface area contributed by atoms with Crippen molar-refractivity contribution in [1.29, 1.82) is 0 Å². The molecule has 0 aliphatic heterocycles. The van der Waals surface area contributed by atoms with E-state index in [9.17, 15) is 0 Å². The summed E-state index contributed by atoms with van der Waals surface area (Å²) in [5.74, 6) is 0. The van der Waals surface area contributed by atoms with Gasteiger partial charge in [0.25, 0.3) is 0 Å². The van der Waals surface area contributed by atoms with Crippen LogP contribution < -0.4 is 0 Å². The normalized spacial score (nSPS) is 11.7. The summed E-state index contributed by atoms with van der Waals surface area (Å²) in [7, 11) is 0. The van der Waals surface area contributed by atoms with Crippen LogP contribution in [0.2, 0.25) is 0 Å². The molecule has 6 aromatic heterocycles. The quantitative estimate of drug-likeness (QED) is 0.0504. The summed E-state index contributed by atoms with van der Waals surface area (Å²) in [6, 6.07) is 22.0. The molecule has 0 aliphatic rings. The second-order valence-corrected chi connectivity index (χ2v) is 22.2. The molecular weight excluding hydrogens is 781 g/mol. The van der Waals surface area contributed by atoms with Crippen LogP contribution in [-0.4, -0.2) is 0 Å². The zero-order chi connectivity index (χ0) is 38.4. The van der Waals surface area contributed by atoms with Crippen LogP contribution in [0.5, 0.6) is 0 Å². The van der Waals surface area contributed by atoms with E-state index in [1.165, 1.54) is 177 Å². The first-order valence-electron chi connectivity index (χ1n) is 21.7. The molecule has 0 radical (unpaired) electrons. The lowest BCUT2D eigenvalue weighted by Gasteiger charge is -2.02. The Hall–Kier alpha value is -1.80. The minimum atomic E-state index is 1.18. The Morgan fingerprint density at radius 1 is 0.327 bits per heavy atom. The van der Waals surface area contributed by atoms with Crippen LogP contribution in [0.4, 0.5) is 0 Å². The van der Waals surface area contributed by atoms with Crippen molar-refractivity contribution in [3.05, 3.63) is 81.0 Å². The molecule has 0 saturated heterocycles. The lowest BCUT2D eigenvalue weighted by Crippen LogP contribution is -1.86. The summed E-state index contributed by atoms with van der Waals surface area (Å²) in [6.07, 6.45) is 25.9. The van der Waals surface area contributed by atoms with Gasteiger partial charge in [0.05, 0.1) is 0 Å². The highest BCUT2D eigenvalue weighted by Gasteiger charge is 2.21. The Morgan fingerprint density at radius 2 is 0.709 bits per heavy atom. The van der Waals surface area contributed by atoms with Crippen LogP contribution in [0.1, 0.15) is 157 Å². The van der Waals surface area contributed by atoms with Crippen molar-refractivity contribution >= 4 is 68.0 Å². The Bertz CT molecular complexity index is 2000. The molecule has 0 fully saturated rings. The summed E-state index contributed by atoms with van der Waals surface area (Å²) < 4.78 is 0. The van der Waals surface area contributed by atoms with Crippen LogP contribution in [0.25, 0.3) is 48.8 Å². The van der Waals surface area contributed by atoms with Crippen LogP contribution in [0.15, 0.2) is 54.6 Å². The third-order valence-corrected chi connectivity index (χ3v) is 18.5. The van der Waals surface area contributed by atoms with E-state index >= 15 is 0 Å². The second kappa shape index (κ2) is 22.4. The monoisotopic (exact) mass is 844 g/mol. The van der Waals surface area contributed by atoms with Gasteiger partial charge in [-0.05, 0) is 130 Å². The standard InChI is InChI=1S/C49H64S6/c1-6-10-14-18-22-36-32-35(5)50-48(36)45-34-38(24-20-16-12-8-3)49(55-45)46-33-37(23-19-15-11-7-2)47(54-46)44-31-30-43(53-44)42-29-28-41(52-42)40-27-26-39(51-40)25-21-17-13-9-4/h26-34H,6-25H2,1-5H3. The van der Waals surface area contributed by atoms with E-state index in [1.54, 1.807) is 26.4 Å². The first-order chi connectivity index (χ1) is 27.0. The Kier molecular flexibility index (Phi) is 17.4. The van der Waals surface area contributed by atoms with Gasteiger partial charge >= 0.3 is 0 Å². The van der Waals surface area contributed by atoms with Crippen LogP contribution >= 0.6 is 68.0 Å². The third-order valence-electron chi connectivity index (χ3n) is 10.8. The summed E-state index contributed by atoms with van der Waals surface area (Å²) in [5, 5.41) is 0. The van der Waals surface area contributed by atoms with Gasteiger partial charge in [-0.1, -0.05) is 105 Å². The molecule has 6 heteroatoms. The minimum Gasteiger partial charge on any atom is -0.139 e. The topological polar surface area (TPSA) is 0 Å². The number of rotatable bonds is 25. The molecule has 0 amide bonds. The smallest absolute Gasteiger partial charge is 0.0481 e. The molecule has 0 unspecified atom stereocenters. The van der Waals surface area contributed by atoms with Crippen molar-refractivity contribution in [2.75, 3.05) is 0 Å². The Morgan fingerprint density at radius 3 is 1.22 bits per heavy atom. The predicted octanol–water partition coefficient (Wildman–Crippen LogP) is 19.2. The van der Waals surface area contributed by atoms with Gasteiger partial charge in [0.15, 0.2) is 0 Å². The molecule has 0 aliphatic carbocycles. The van der Waals surface area contributed by atoms with Crippen molar-refractivity contribution in [2.45, 2.75) is 163 Å². The van der Waals surface area contributed by atoms with Crippen molar-refractivity contribution in [1.82, 2.24) is 0 Å². The van der Waals surface area contributed by atoms with E-state index in [1.807, 2.05) is 45.3 Å². The second-order valence-electron chi connectivity index (χ2n) is 15.5. The van der Waals surface area contributed by atoms with Gasteiger partial charge in [0.1, 0.15) is 0 Å². The Balaban J connectivity index is 1.28. The number of aryl methyl sites for hydroxylation is 5. The first kappa shape index (κ1) is 42.8. The van der Waals surface area contributed by atoms with Crippen LogP contribution in [-0.2, 0) is 25.7 Å². The fourth-order valence-electron chi connectivity index (χ4n) is 7.62. The minimum absolute atomic E-state index is 1.18. The van der Waals surface area contributed by atoms with Gasteiger partial charge in [0, 0.05) is 58.5 Å². The fraction of sp³-hybridized carbons (Fsp3) is 0.510. The van der Waals surface area contributed by atoms with Crippen molar-refractivity contribution in [2.24, 2.45) is 0 Å². The van der Waals surface area contributed by atoms with E-state index < -0.39 is 0 Å². The number of hydrogen-bond donors (Lipinski definition) is 0. The maximum atomic E-state index is 2.61. The van der Waals surface area contributed by atoms with E-state index in [-0.39, 0.29) is 0 Å². The molecule has 6 rings (SSSR count). The molecule has 0 N–H and O–H groups in total. The zero-order valence-corrected chi connectivity index (χ0v) is 39.2. The maximum absolute atomic E-state index is 2.61. The number of thiophene rings is 6. The first-order valence-corrected chi connectivity index (χ1v) is 26.6. The van der Waals surface area contributed by atoms with Crippen LogP contribution in [0, 0.1) is 6.92 Å². The number of hydrogen-bond acceptors (Lipinski definition) is 6. The SMILES string of the molecule is CCCCCCc1ccc(-c2ccc(-c3ccc(-c4sc(-c5sc(-c6sc(C)cc6CCCCCC)cc5CCCCCC)cc4CCCCCC)s3)s2)s1. The van der Waals surface area contributed by atoms with Crippen LogP contribution in [0.3, 0.4) is 0 Å². The van der Waals surface area contributed by atoms with Gasteiger partial charge in [-0.3, -0.25) is 0 Å². The average molecular weight is 845 g/mol. The summed E-state index contributed by atoms with van der Waals surface area (Å²) >= 11 is 12.2. The highest BCUT2D eigenvalue weighted by Crippen LogP contribution is 2.50. The summed E-state index contributed by atoms with van der Waals surface area (Å²) in [5.41, 5.74) is 4.73. The molecule has 0 atom stereocenters. The molecular formula is C49H64S6. The molecule has 6 aromatic rings. The molecule has 55 heavy (non-hydrogen) atoms. The highest BCUT2D eigenvalue weighted by molar-refractivity contribution is 7.30. The number of unbranched alkanes of at least 4 members (excludes halogenated alkanes) is 12. The van der Waals surface area contributed by atoms with Gasteiger partial charge in [-0.15, -0.1) is 68.0 Å². The van der Waals surface area contributed by atoms with Gasteiger partial charge in [-0.2, -0.15) is 0 Å². The largest absolute Gasteiger partial charge is 0.139 e.